The molecule has 27 heavy (non-hydrogen) atoms. The molecule has 0 saturated carbocycles. The predicted molar refractivity (Wildman–Crippen MR) is 95.8 cm³/mol. The lowest BCUT2D eigenvalue weighted by Gasteiger charge is -2.33. The maximum Gasteiger partial charge on any atom is 0.317 e. The lowest BCUT2D eigenvalue weighted by atomic mass is 9.98. The van der Waals surface area contributed by atoms with Gasteiger partial charge >= 0.3 is 12.0 Å². The minimum atomic E-state index is -0.919. The number of nitrogens with zero attached hydrogens (tertiary/aromatic N) is 2. The van der Waals surface area contributed by atoms with Crippen LogP contribution in [0.15, 0.2) is 18.2 Å². The van der Waals surface area contributed by atoms with Gasteiger partial charge in [-0.3, -0.25) is 9.59 Å². The van der Waals surface area contributed by atoms with Crippen LogP contribution in [0.1, 0.15) is 30.9 Å². The molecule has 3 unspecified atom stereocenters. The molecule has 2 aliphatic heterocycles. The third-order valence-electron chi connectivity index (χ3n) is 5.24. The molecule has 0 spiro atoms. The van der Waals surface area contributed by atoms with Crippen LogP contribution < -0.4 is 5.32 Å². The Kier molecular flexibility index (Phi) is 5.55. The summed E-state index contributed by atoms with van der Waals surface area (Å²) < 4.78 is 13.9. The summed E-state index contributed by atoms with van der Waals surface area (Å²) in [5.74, 6) is -2.26. The van der Waals surface area contributed by atoms with Gasteiger partial charge in [0.2, 0.25) is 5.91 Å². The number of carbonyl (C=O) groups is 3. The first-order valence-electron chi connectivity index (χ1n) is 8.76. The van der Waals surface area contributed by atoms with Crippen molar-refractivity contribution >= 4 is 29.5 Å². The molecule has 0 aliphatic carbocycles. The Labute approximate surface area is 161 Å². The number of aliphatic carboxylic acids is 1. The number of piperidine rings is 1. The van der Waals surface area contributed by atoms with Crippen LogP contribution in [0.2, 0.25) is 5.02 Å². The van der Waals surface area contributed by atoms with Gasteiger partial charge in [0.05, 0.1) is 23.0 Å². The van der Waals surface area contributed by atoms with Crippen LogP contribution >= 0.6 is 11.6 Å². The first-order valence-corrected chi connectivity index (χ1v) is 9.14. The molecule has 3 rings (SSSR count). The maximum atomic E-state index is 13.9. The van der Waals surface area contributed by atoms with E-state index in [1.807, 2.05) is 0 Å². The summed E-state index contributed by atoms with van der Waals surface area (Å²) in [5, 5.41) is 12.0. The van der Waals surface area contributed by atoms with Crippen molar-refractivity contribution in [2.75, 3.05) is 20.1 Å². The van der Waals surface area contributed by atoms with E-state index in [0.717, 1.165) is 0 Å². The summed E-state index contributed by atoms with van der Waals surface area (Å²) in [5.41, 5.74) is 0.539. The Hall–Kier alpha value is -2.35. The number of carboxylic acids is 1. The smallest absolute Gasteiger partial charge is 0.317 e. The predicted octanol–water partition coefficient (Wildman–Crippen LogP) is 2.26. The first-order chi connectivity index (χ1) is 12.8. The van der Waals surface area contributed by atoms with Crippen molar-refractivity contribution in [3.8, 4) is 0 Å². The van der Waals surface area contributed by atoms with Crippen molar-refractivity contribution in [1.82, 2.24) is 15.1 Å². The SMILES string of the molecule is CN1C(=O)CC(NC(=O)N2CCCC(C(=O)O)C2)C1c1ccc(Cl)c(F)c1. The van der Waals surface area contributed by atoms with Gasteiger partial charge < -0.3 is 20.2 Å². The van der Waals surface area contributed by atoms with Gasteiger partial charge in [0, 0.05) is 26.6 Å². The zero-order chi connectivity index (χ0) is 19.7. The number of halogens is 2. The van der Waals surface area contributed by atoms with Crippen LogP contribution in [-0.2, 0) is 9.59 Å². The average Bonchev–Trinajstić information content (AvgIpc) is 2.91. The van der Waals surface area contributed by atoms with Crippen LogP contribution in [0.3, 0.4) is 0 Å². The minimum Gasteiger partial charge on any atom is -0.481 e. The molecule has 2 N–H and O–H groups in total. The highest BCUT2D eigenvalue weighted by Gasteiger charge is 2.40. The van der Waals surface area contributed by atoms with E-state index in [-0.39, 0.29) is 23.9 Å². The largest absolute Gasteiger partial charge is 0.481 e. The second kappa shape index (κ2) is 7.72. The fraction of sp³-hybridized carbons (Fsp3) is 0.500. The number of urea groups is 1. The van der Waals surface area contributed by atoms with Gasteiger partial charge in [-0.2, -0.15) is 0 Å². The zero-order valence-corrected chi connectivity index (χ0v) is 15.6. The number of carbonyl (C=O) groups excluding carboxylic acids is 2. The second-order valence-corrected chi connectivity index (χ2v) is 7.41. The van der Waals surface area contributed by atoms with Crippen molar-refractivity contribution < 1.29 is 23.9 Å². The van der Waals surface area contributed by atoms with Gasteiger partial charge in [0.1, 0.15) is 5.82 Å². The Morgan fingerprint density at radius 1 is 1.37 bits per heavy atom. The summed E-state index contributed by atoms with van der Waals surface area (Å²) in [4.78, 5) is 38.9. The van der Waals surface area contributed by atoms with Crippen molar-refractivity contribution in [1.29, 1.82) is 0 Å². The molecular formula is C18H21ClFN3O4. The molecular weight excluding hydrogens is 377 g/mol. The molecule has 0 radical (unpaired) electrons. The number of likely N-dealkylation sites (N-methyl/N-ethyl adjacent to an activating group) is 1. The third-order valence-corrected chi connectivity index (χ3v) is 5.54. The Bertz CT molecular complexity index is 775. The van der Waals surface area contributed by atoms with Crippen molar-refractivity contribution in [3.05, 3.63) is 34.6 Å². The van der Waals surface area contributed by atoms with Crippen LogP contribution in [0, 0.1) is 11.7 Å². The number of benzene rings is 1. The number of amides is 3. The fourth-order valence-electron chi connectivity index (χ4n) is 3.76. The van der Waals surface area contributed by atoms with Gasteiger partial charge in [0.15, 0.2) is 0 Å². The van der Waals surface area contributed by atoms with Crippen LogP contribution in [-0.4, -0.2) is 59.0 Å². The molecule has 1 aromatic rings. The average molecular weight is 398 g/mol. The van der Waals surface area contributed by atoms with E-state index in [4.69, 9.17) is 11.6 Å². The standard InChI is InChI=1S/C18H21ClFN3O4/c1-22-15(24)8-14(16(22)10-4-5-12(19)13(20)7-10)21-18(27)23-6-2-3-11(9-23)17(25)26/h4-5,7,11,14,16H,2-3,6,8-9H2,1H3,(H,21,27)(H,25,26). The molecule has 0 bridgehead atoms. The number of hydrogen-bond acceptors (Lipinski definition) is 3. The summed E-state index contributed by atoms with van der Waals surface area (Å²) in [6.45, 7) is 0.601. The quantitative estimate of drug-likeness (QED) is 0.818. The maximum absolute atomic E-state index is 13.9. The van der Waals surface area contributed by atoms with E-state index in [9.17, 15) is 23.9 Å². The molecule has 2 fully saturated rings. The lowest BCUT2D eigenvalue weighted by Crippen LogP contribution is -2.50. The molecule has 0 aromatic heterocycles. The molecule has 7 nitrogen and oxygen atoms in total. The van der Waals surface area contributed by atoms with E-state index in [0.29, 0.717) is 24.9 Å². The van der Waals surface area contributed by atoms with Gasteiger partial charge in [-0.25, -0.2) is 9.18 Å². The van der Waals surface area contributed by atoms with Gasteiger partial charge in [-0.05, 0) is 30.5 Å². The van der Waals surface area contributed by atoms with E-state index in [2.05, 4.69) is 5.32 Å². The molecule has 2 saturated heterocycles. The zero-order valence-electron chi connectivity index (χ0n) is 14.8. The molecule has 2 heterocycles. The Balaban J connectivity index is 1.75. The topological polar surface area (TPSA) is 90.0 Å². The molecule has 146 valence electrons. The highest BCUT2D eigenvalue weighted by molar-refractivity contribution is 6.30. The highest BCUT2D eigenvalue weighted by Crippen LogP contribution is 2.33. The fourth-order valence-corrected chi connectivity index (χ4v) is 3.88. The Morgan fingerprint density at radius 2 is 2.11 bits per heavy atom. The van der Waals surface area contributed by atoms with Crippen LogP contribution in [0.4, 0.5) is 9.18 Å². The lowest BCUT2D eigenvalue weighted by molar-refractivity contribution is -0.143. The monoisotopic (exact) mass is 397 g/mol. The summed E-state index contributed by atoms with van der Waals surface area (Å²) in [6.07, 6.45) is 1.24. The summed E-state index contributed by atoms with van der Waals surface area (Å²) in [6, 6.07) is 2.85. The van der Waals surface area contributed by atoms with Crippen molar-refractivity contribution in [2.24, 2.45) is 5.92 Å². The molecule has 1 aromatic carbocycles. The van der Waals surface area contributed by atoms with E-state index < -0.39 is 35.8 Å². The van der Waals surface area contributed by atoms with E-state index in [1.54, 1.807) is 13.1 Å². The molecule has 3 atom stereocenters. The first kappa shape index (κ1) is 19.4. The Morgan fingerprint density at radius 3 is 2.78 bits per heavy atom. The normalized spacial score (nSPS) is 25.6. The minimum absolute atomic E-state index is 0.0145. The van der Waals surface area contributed by atoms with E-state index >= 15 is 0 Å². The van der Waals surface area contributed by atoms with Crippen LogP contribution in [0.25, 0.3) is 0 Å². The number of hydrogen-bond donors (Lipinski definition) is 2. The number of rotatable bonds is 3. The third kappa shape index (κ3) is 4.00. The van der Waals surface area contributed by atoms with Crippen molar-refractivity contribution in [2.45, 2.75) is 31.3 Å². The van der Waals surface area contributed by atoms with Gasteiger partial charge in [-0.1, -0.05) is 17.7 Å². The second-order valence-electron chi connectivity index (χ2n) is 7.01. The molecule has 2 aliphatic rings. The van der Waals surface area contributed by atoms with E-state index in [1.165, 1.54) is 21.9 Å². The van der Waals surface area contributed by atoms with Crippen molar-refractivity contribution in [3.63, 3.8) is 0 Å². The van der Waals surface area contributed by atoms with Gasteiger partial charge in [-0.15, -0.1) is 0 Å². The number of likely N-dealkylation sites (tertiary alicyclic amines) is 2. The number of carboxylic acid groups (broad SMARTS) is 1. The summed E-state index contributed by atoms with van der Waals surface area (Å²) in [7, 11) is 1.60. The van der Waals surface area contributed by atoms with Gasteiger partial charge in [0.25, 0.3) is 0 Å². The number of nitrogens with one attached hydrogen (secondary N) is 1. The molecule has 9 heteroatoms. The summed E-state index contributed by atoms with van der Waals surface area (Å²) >= 11 is 5.73. The highest BCUT2D eigenvalue weighted by atomic mass is 35.5. The molecule has 3 amide bonds. The van der Waals surface area contributed by atoms with Crippen LogP contribution in [0.5, 0.6) is 0 Å².